The summed E-state index contributed by atoms with van der Waals surface area (Å²) in [6.07, 6.45) is 0. The van der Waals surface area contributed by atoms with Crippen LogP contribution in [0.25, 0.3) is 110 Å². The maximum Gasteiger partial charge on any atom is 0.213 e. The molecular weight excluding hydrogens is 661 g/mol. The third kappa shape index (κ3) is 4.13. The molecule has 0 fully saturated rings. The van der Waals surface area contributed by atoms with Crippen molar-refractivity contribution in [1.82, 2.24) is 9.13 Å². The van der Waals surface area contributed by atoms with E-state index in [0.717, 1.165) is 72.0 Å². The molecule has 252 valence electrons. The van der Waals surface area contributed by atoms with Gasteiger partial charge in [0.2, 0.25) is 5.71 Å². The van der Waals surface area contributed by atoms with Gasteiger partial charge in [0.15, 0.2) is 0 Å². The van der Waals surface area contributed by atoms with Gasteiger partial charge in [-0.1, -0.05) is 115 Å². The van der Waals surface area contributed by atoms with Gasteiger partial charge in [-0.3, -0.25) is 4.57 Å². The number of benzene rings is 8. The second-order valence-corrected chi connectivity index (χ2v) is 14.1. The van der Waals surface area contributed by atoms with Crippen LogP contribution in [0.5, 0.6) is 0 Å². The molecule has 0 saturated carbocycles. The number of aromatic nitrogens is 2. The predicted octanol–water partition coefficient (Wildman–Crippen LogP) is 13.9. The Labute approximate surface area is 309 Å². The average Bonchev–Trinajstić information content (AvgIpc) is 3.98. The number of para-hydroxylation sites is 5. The fourth-order valence-corrected chi connectivity index (χ4v) is 8.70. The van der Waals surface area contributed by atoms with Crippen molar-refractivity contribution in [3.63, 3.8) is 0 Å². The van der Waals surface area contributed by atoms with E-state index < -0.39 is 0 Å². The summed E-state index contributed by atoms with van der Waals surface area (Å²) >= 11 is 0. The highest BCUT2D eigenvalue weighted by atomic mass is 16.3. The Morgan fingerprint density at radius 2 is 0.926 bits per heavy atom. The van der Waals surface area contributed by atoms with Gasteiger partial charge in [0, 0.05) is 49.3 Å². The fourth-order valence-electron chi connectivity index (χ4n) is 8.70. The maximum atomic E-state index is 6.87. The molecule has 0 N–H and O–H groups in total. The Bertz CT molecular complexity index is 3430. The zero-order chi connectivity index (χ0) is 35.3. The molecule has 4 heteroatoms. The lowest BCUT2D eigenvalue weighted by Crippen LogP contribution is -1.94. The monoisotopic (exact) mass is 690 g/mol. The van der Waals surface area contributed by atoms with Crippen molar-refractivity contribution in [3.05, 3.63) is 182 Å². The quantitative estimate of drug-likeness (QED) is 0.184. The van der Waals surface area contributed by atoms with Gasteiger partial charge < -0.3 is 13.4 Å². The van der Waals surface area contributed by atoms with Gasteiger partial charge in [-0.05, 0) is 83.4 Å². The molecule has 0 radical (unpaired) electrons. The molecule has 0 aliphatic carbocycles. The Morgan fingerprint density at radius 1 is 0.333 bits per heavy atom. The summed E-state index contributed by atoms with van der Waals surface area (Å²) in [6, 6.07) is 64.7. The Morgan fingerprint density at radius 3 is 1.76 bits per heavy atom. The maximum absolute atomic E-state index is 6.87. The fraction of sp³-hybridized carbons (Fsp3) is 0. The highest BCUT2D eigenvalue weighted by Gasteiger charge is 2.21. The lowest BCUT2D eigenvalue weighted by atomic mass is 10.0. The Kier molecular flexibility index (Phi) is 6.02. The number of fused-ring (bicyclic) bond motifs is 11. The van der Waals surface area contributed by atoms with Gasteiger partial charge >= 0.3 is 0 Å². The van der Waals surface area contributed by atoms with Crippen molar-refractivity contribution in [1.29, 1.82) is 0 Å². The van der Waals surface area contributed by atoms with E-state index in [4.69, 9.17) is 8.83 Å². The van der Waals surface area contributed by atoms with E-state index in [1.54, 1.807) is 0 Å². The third-order valence-corrected chi connectivity index (χ3v) is 11.1. The first-order chi connectivity index (χ1) is 26.8. The first kappa shape index (κ1) is 29.3. The molecule has 12 rings (SSSR count). The van der Waals surface area contributed by atoms with Gasteiger partial charge in [0.25, 0.3) is 0 Å². The van der Waals surface area contributed by atoms with E-state index in [1.807, 2.05) is 18.2 Å². The third-order valence-electron chi connectivity index (χ3n) is 11.1. The van der Waals surface area contributed by atoms with Crippen LogP contribution in [0.3, 0.4) is 0 Å². The number of rotatable bonds is 4. The van der Waals surface area contributed by atoms with E-state index in [1.165, 1.54) is 38.3 Å². The van der Waals surface area contributed by atoms with E-state index in [2.05, 4.69) is 173 Å². The van der Waals surface area contributed by atoms with Crippen LogP contribution in [-0.4, -0.2) is 9.13 Å². The van der Waals surface area contributed by atoms with Crippen LogP contribution in [0, 0.1) is 0 Å². The molecule has 0 unspecified atom stereocenters. The van der Waals surface area contributed by atoms with Crippen molar-refractivity contribution in [2.24, 2.45) is 0 Å². The topological polar surface area (TPSA) is 36.1 Å². The molecule has 8 aromatic carbocycles. The van der Waals surface area contributed by atoms with Crippen LogP contribution in [0.1, 0.15) is 0 Å². The second kappa shape index (κ2) is 11.1. The van der Waals surface area contributed by atoms with E-state index >= 15 is 0 Å². The molecule has 54 heavy (non-hydrogen) atoms. The highest BCUT2D eigenvalue weighted by molar-refractivity contribution is 6.21. The summed E-state index contributed by atoms with van der Waals surface area (Å²) in [5.74, 6) is 0. The minimum absolute atomic E-state index is 0.865. The van der Waals surface area contributed by atoms with Crippen molar-refractivity contribution in [2.45, 2.75) is 0 Å². The van der Waals surface area contributed by atoms with Crippen molar-refractivity contribution in [3.8, 4) is 33.6 Å². The summed E-state index contributed by atoms with van der Waals surface area (Å²) < 4.78 is 17.6. The molecule has 4 heterocycles. The van der Waals surface area contributed by atoms with Crippen LogP contribution >= 0.6 is 0 Å². The van der Waals surface area contributed by atoms with Crippen molar-refractivity contribution < 1.29 is 8.83 Å². The molecule has 0 aliphatic heterocycles. The van der Waals surface area contributed by atoms with Crippen LogP contribution in [0.4, 0.5) is 0 Å². The molecular formula is C50H30N2O2. The van der Waals surface area contributed by atoms with E-state index in [0.29, 0.717) is 0 Å². The molecule has 0 aliphatic rings. The summed E-state index contributed by atoms with van der Waals surface area (Å²) in [5, 5.41) is 8.18. The second-order valence-electron chi connectivity index (χ2n) is 14.1. The zero-order valence-electron chi connectivity index (χ0n) is 29.0. The smallest absolute Gasteiger partial charge is 0.213 e. The largest absolute Gasteiger partial charge is 0.456 e. The molecule has 0 amide bonds. The standard InChI is InChI=1S/C50H30N2O2/c1-2-11-34(12-3-1)52-44-19-8-5-15-39(44)48-40-17-10-16-36(49(40)54-50(48)52)31-21-25-35(26-22-31)51-43-18-7-4-13-37(43)41-29-32(23-27-45(41)51)33-24-28-47-42(30-33)38-14-6-9-20-46(38)53-47/h1-30H. The number of hydrogen-bond acceptors (Lipinski definition) is 2. The lowest BCUT2D eigenvalue weighted by Gasteiger charge is -2.10. The molecule has 4 aromatic heterocycles. The lowest BCUT2D eigenvalue weighted by molar-refractivity contribution is 0.646. The number of nitrogens with zero attached hydrogens (tertiary/aromatic N) is 2. The molecule has 0 saturated heterocycles. The number of furan rings is 2. The Balaban J connectivity index is 0.983. The van der Waals surface area contributed by atoms with Crippen LogP contribution < -0.4 is 0 Å². The summed E-state index contributed by atoms with van der Waals surface area (Å²) in [7, 11) is 0. The van der Waals surface area contributed by atoms with Crippen molar-refractivity contribution >= 4 is 76.7 Å². The van der Waals surface area contributed by atoms with Crippen LogP contribution in [-0.2, 0) is 0 Å². The first-order valence-electron chi connectivity index (χ1n) is 18.3. The van der Waals surface area contributed by atoms with Gasteiger partial charge in [0.1, 0.15) is 16.7 Å². The van der Waals surface area contributed by atoms with Crippen LogP contribution in [0.2, 0.25) is 0 Å². The highest BCUT2D eigenvalue weighted by Crippen LogP contribution is 2.43. The molecule has 0 spiro atoms. The minimum Gasteiger partial charge on any atom is -0.456 e. The van der Waals surface area contributed by atoms with E-state index in [9.17, 15) is 0 Å². The SMILES string of the molecule is c1ccc(-n2c3ccccc3c3c4cccc(-c5ccc(-n6c7ccccc7c7cc(-c8ccc9oc%10ccccc%10c9c8)ccc76)cc5)c4oc32)cc1. The normalized spacial score (nSPS) is 12.1. The predicted molar refractivity (Wildman–Crippen MR) is 223 cm³/mol. The van der Waals surface area contributed by atoms with Gasteiger partial charge in [-0.2, -0.15) is 0 Å². The molecule has 12 aromatic rings. The molecule has 0 atom stereocenters. The summed E-state index contributed by atoms with van der Waals surface area (Å²) in [6.45, 7) is 0. The summed E-state index contributed by atoms with van der Waals surface area (Å²) in [4.78, 5) is 0. The van der Waals surface area contributed by atoms with Crippen LogP contribution in [0.15, 0.2) is 191 Å². The summed E-state index contributed by atoms with van der Waals surface area (Å²) in [5.41, 5.74) is 13.8. The Hall–Kier alpha value is -7.30. The van der Waals surface area contributed by atoms with E-state index in [-0.39, 0.29) is 0 Å². The first-order valence-corrected chi connectivity index (χ1v) is 18.3. The average molecular weight is 691 g/mol. The van der Waals surface area contributed by atoms with Crippen molar-refractivity contribution in [2.75, 3.05) is 0 Å². The van der Waals surface area contributed by atoms with Gasteiger partial charge in [-0.25, -0.2) is 0 Å². The minimum atomic E-state index is 0.865. The zero-order valence-corrected chi connectivity index (χ0v) is 29.0. The van der Waals surface area contributed by atoms with Gasteiger partial charge in [0.05, 0.1) is 21.9 Å². The molecule has 4 nitrogen and oxygen atoms in total. The van der Waals surface area contributed by atoms with Gasteiger partial charge in [-0.15, -0.1) is 0 Å². The molecule has 0 bridgehead atoms. The number of hydrogen-bond donors (Lipinski definition) is 0.